The van der Waals surface area contributed by atoms with E-state index in [1.165, 1.54) is 11.1 Å². The van der Waals surface area contributed by atoms with Gasteiger partial charge in [0.25, 0.3) is 0 Å². The van der Waals surface area contributed by atoms with Crippen LogP contribution in [0, 0.1) is 5.92 Å². The highest BCUT2D eigenvalue weighted by atomic mass is 16.5. The highest BCUT2D eigenvalue weighted by Crippen LogP contribution is 2.35. The summed E-state index contributed by atoms with van der Waals surface area (Å²) < 4.78 is 11.5. The topological polar surface area (TPSA) is 30.5 Å². The maximum atomic E-state index is 5.90. The second-order valence-electron chi connectivity index (χ2n) is 6.98. The number of fused-ring (bicyclic) bond motifs is 1. The third kappa shape index (κ3) is 5.33. The number of ether oxygens (including phenoxy) is 2. The van der Waals surface area contributed by atoms with Crippen LogP contribution in [0.1, 0.15) is 45.2 Å². The Hall–Kier alpha value is -1.06. The molecule has 1 aromatic rings. The fraction of sp³-hybridized carbons (Fsp3) is 0.667. The molecule has 1 aliphatic rings. The van der Waals surface area contributed by atoms with Gasteiger partial charge in [-0.1, -0.05) is 26.0 Å². The average molecular weight is 291 g/mol. The van der Waals surface area contributed by atoms with Gasteiger partial charge in [-0.15, -0.1) is 0 Å². The van der Waals surface area contributed by atoms with Crippen LogP contribution in [0.15, 0.2) is 18.2 Å². The van der Waals surface area contributed by atoms with Crippen LogP contribution in [0.4, 0.5) is 0 Å². The summed E-state index contributed by atoms with van der Waals surface area (Å²) in [6, 6.07) is 6.53. The molecule has 0 bridgehead atoms. The molecule has 0 aromatic heterocycles. The molecule has 3 nitrogen and oxygen atoms in total. The minimum atomic E-state index is -0.0534. The zero-order valence-corrected chi connectivity index (χ0v) is 13.9. The van der Waals surface area contributed by atoms with Gasteiger partial charge in [0.1, 0.15) is 11.4 Å². The molecule has 0 saturated heterocycles. The number of hydrogen-bond donors (Lipinski definition) is 1. The van der Waals surface area contributed by atoms with Crippen molar-refractivity contribution in [3.05, 3.63) is 29.3 Å². The summed E-state index contributed by atoms with van der Waals surface area (Å²) in [7, 11) is 0. The van der Waals surface area contributed by atoms with Crippen LogP contribution < -0.4 is 10.1 Å². The van der Waals surface area contributed by atoms with Crippen molar-refractivity contribution >= 4 is 0 Å². The standard InChI is InChI=1S/C18H29NO2/c1-14(2)13-20-9-5-8-19-12-15-6-7-17-16(10-15)11-18(3,4)21-17/h6-7,10,14,19H,5,8-9,11-13H2,1-4H3. The zero-order valence-electron chi connectivity index (χ0n) is 13.9. The molecule has 1 N–H and O–H groups in total. The number of rotatable bonds is 8. The molecule has 1 aromatic carbocycles. The molecule has 2 rings (SSSR count). The molecule has 0 saturated carbocycles. The number of nitrogens with one attached hydrogen (secondary N) is 1. The van der Waals surface area contributed by atoms with Gasteiger partial charge < -0.3 is 14.8 Å². The molecule has 0 atom stereocenters. The van der Waals surface area contributed by atoms with Crippen molar-refractivity contribution in [1.29, 1.82) is 0 Å². The lowest BCUT2D eigenvalue weighted by Gasteiger charge is -2.16. The Balaban J connectivity index is 1.66. The average Bonchev–Trinajstić information content (AvgIpc) is 2.70. The first-order chi connectivity index (χ1) is 9.96. The van der Waals surface area contributed by atoms with Crippen LogP contribution in [0.3, 0.4) is 0 Å². The maximum Gasteiger partial charge on any atom is 0.123 e. The van der Waals surface area contributed by atoms with Crippen molar-refractivity contribution in [3.63, 3.8) is 0 Å². The van der Waals surface area contributed by atoms with Crippen molar-refractivity contribution in [1.82, 2.24) is 5.32 Å². The van der Waals surface area contributed by atoms with E-state index in [9.17, 15) is 0 Å². The third-order valence-electron chi connectivity index (χ3n) is 3.55. The van der Waals surface area contributed by atoms with Gasteiger partial charge in [-0.2, -0.15) is 0 Å². The molecule has 21 heavy (non-hydrogen) atoms. The number of benzene rings is 1. The Morgan fingerprint density at radius 3 is 2.90 bits per heavy atom. The molecular formula is C18H29NO2. The highest BCUT2D eigenvalue weighted by Gasteiger charge is 2.29. The lowest BCUT2D eigenvalue weighted by atomic mass is 10.0. The molecule has 0 radical (unpaired) electrons. The van der Waals surface area contributed by atoms with E-state index in [4.69, 9.17) is 9.47 Å². The van der Waals surface area contributed by atoms with E-state index in [0.717, 1.165) is 44.9 Å². The first kappa shape index (κ1) is 16.3. The molecule has 1 heterocycles. The molecule has 0 fully saturated rings. The summed E-state index contributed by atoms with van der Waals surface area (Å²) in [5.74, 6) is 1.67. The van der Waals surface area contributed by atoms with Crippen molar-refractivity contribution in [3.8, 4) is 5.75 Å². The monoisotopic (exact) mass is 291 g/mol. The Morgan fingerprint density at radius 1 is 1.33 bits per heavy atom. The van der Waals surface area contributed by atoms with Crippen LogP contribution >= 0.6 is 0 Å². The lowest BCUT2D eigenvalue weighted by molar-refractivity contribution is 0.108. The predicted molar refractivity (Wildman–Crippen MR) is 86.8 cm³/mol. The number of hydrogen-bond acceptors (Lipinski definition) is 3. The van der Waals surface area contributed by atoms with Gasteiger partial charge in [-0.25, -0.2) is 0 Å². The van der Waals surface area contributed by atoms with Gasteiger partial charge in [-0.3, -0.25) is 0 Å². The summed E-state index contributed by atoms with van der Waals surface area (Å²) in [4.78, 5) is 0. The van der Waals surface area contributed by atoms with Crippen molar-refractivity contribution < 1.29 is 9.47 Å². The Labute approximate surface area is 129 Å². The van der Waals surface area contributed by atoms with E-state index in [1.807, 2.05) is 0 Å². The summed E-state index contributed by atoms with van der Waals surface area (Å²) in [5, 5.41) is 3.48. The van der Waals surface area contributed by atoms with Crippen LogP contribution in [0.5, 0.6) is 5.75 Å². The summed E-state index contributed by atoms with van der Waals surface area (Å²) in [6.45, 7) is 12.3. The minimum absolute atomic E-state index is 0.0534. The first-order valence-corrected chi connectivity index (χ1v) is 8.05. The van der Waals surface area contributed by atoms with E-state index >= 15 is 0 Å². The minimum Gasteiger partial charge on any atom is -0.487 e. The van der Waals surface area contributed by atoms with Gasteiger partial charge in [0, 0.05) is 26.2 Å². The van der Waals surface area contributed by atoms with Crippen LogP contribution in [0.2, 0.25) is 0 Å². The summed E-state index contributed by atoms with van der Waals surface area (Å²) in [5.41, 5.74) is 2.61. The normalized spacial score (nSPS) is 16.0. The zero-order chi connectivity index (χ0) is 15.3. The molecule has 0 aliphatic carbocycles. The second kappa shape index (κ2) is 7.28. The maximum absolute atomic E-state index is 5.90. The molecule has 118 valence electrons. The molecule has 0 unspecified atom stereocenters. The van der Waals surface area contributed by atoms with Gasteiger partial charge >= 0.3 is 0 Å². The van der Waals surface area contributed by atoms with Crippen molar-refractivity contribution in [2.75, 3.05) is 19.8 Å². The van der Waals surface area contributed by atoms with Crippen molar-refractivity contribution in [2.45, 2.75) is 52.7 Å². The quantitative estimate of drug-likeness (QED) is 0.743. The van der Waals surface area contributed by atoms with E-state index in [-0.39, 0.29) is 5.60 Å². The van der Waals surface area contributed by atoms with Crippen LogP contribution in [-0.4, -0.2) is 25.4 Å². The Morgan fingerprint density at radius 2 is 2.14 bits per heavy atom. The Bertz CT molecular complexity index is 455. The lowest BCUT2D eigenvalue weighted by Crippen LogP contribution is -2.24. The summed E-state index contributed by atoms with van der Waals surface area (Å²) >= 11 is 0. The third-order valence-corrected chi connectivity index (χ3v) is 3.55. The molecule has 0 amide bonds. The van der Waals surface area contributed by atoms with Crippen molar-refractivity contribution in [2.24, 2.45) is 5.92 Å². The molecular weight excluding hydrogens is 262 g/mol. The van der Waals surface area contributed by atoms with E-state index < -0.39 is 0 Å². The van der Waals surface area contributed by atoms with Crippen LogP contribution in [0.25, 0.3) is 0 Å². The Kier molecular flexibility index (Phi) is 5.65. The van der Waals surface area contributed by atoms with Gasteiger partial charge in [-0.05, 0) is 49.9 Å². The molecule has 0 spiro atoms. The van der Waals surface area contributed by atoms with Crippen LogP contribution in [-0.2, 0) is 17.7 Å². The SMILES string of the molecule is CC(C)COCCCNCc1ccc2c(c1)CC(C)(C)O2. The van der Waals surface area contributed by atoms with Gasteiger partial charge in [0.15, 0.2) is 0 Å². The van der Waals surface area contributed by atoms with Gasteiger partial charge in [0.05, 0.1) is 0 Å². The van der Waals surface area contributed by atoms with E-state index in [1.54, 1.807) is 0 Å². The molecule has 1 aliphatic heterocycles. The van der Waals surface area contributed by atoms with Gasteiger partial charge in [0.2, 0.25) is 0 Å². The largest absolute Gasteiger partial charge is 0.487 e. The van der Waals surface area contributed by atoms with E-state index in [0.29, 0.717) is 5.92 Å². The smallest absolute Gasteiger partial charge is 0.123 e. The second-order valence-corrected chi connectivity index (χ2v) is 6.98. The highest BCUT2D eigenvalue weighted by molar-refractivity contribution is 5.41. The fourth-order valence-corrected chi connectivity index (χ4v) is 2.62. The van der Waals surface area contributed by atoms with E-state index in [2.05, 4.69) is 51.2 Å². The predicted octanol–water partition coefficient (Wildman–Crippen LogP) is 3.55. The fourth-order valence-electron chi connectivity index (χ4n) is 2.62. The summed E-state index contributed by atoms with van der Waals surface area (Å²) in [6.07, 6.45) is 2.06. The first-order valence-electron chi connectivity index (χ1n) is 8.05. The molecule has 3 heteroatoms.